The lowest BCUT2D eigenvalue weighted by molar-refractivity contribution is -0.135. The van der Waals surface area contributed by atoms with Crippen molar-refractivity contribution in [3.05, 3.63) is 28.8 Å². The zero-order valence-corrected chi connectivity index (χ0v) is 10.2. The van der Waals surface area contributed by atoms with Crippen LogP contribution < -0.4 is 4.74 Å². The molecule has 1 heterocycles. The number of carbonyl (C=O) groups excluding carboxylic acids is 1. The molecular weight excluding hydrogens is 200 g/mol. The van der Waals surface area contributed by atoms with E-state index in [0.717, 1.165) is 18.6 Å². The summed E-state index contributed by atoms with van der Waals surface area (Å²) in [5.74, 6) is 1.23. The minimum absolute atomic E-state index is 0.108. The van der Waals surface area contributed by atoms with Gasteiger partial charge in [-0.05, 0) is 48.4 Å². The van der Waals surface area contributed by atoms with E-state index in [4.69, 9.17) is 4.74 Å². The fraction of sp³-hybridized carbons (Fsp3) is 0.500. The van der Waals surface area contributed by atoms with Crippen molar-refractivity contribution < 1.29 is 9.53 Å². The normalized spacial score (nSPS) is 16.6. The maximum Gasteiger partial charge on any atom is 0.311 e. The fourth-order valence-corrected chi connectivity index (χ4v) is 2.31. The molecule has 16 heavy (non-hydrogen) atoms. The summed E-state index contributed by atoms with van der Waals surface area (Å²) in [5.41, 5.74) is 3.91. The summed E-state index contributed by atoms with van der Waals surface area (Å²) < 4.78 is 5.24. The summed E-state index contributed by atoms with van der Waals surface area (Å²) in [5, 5.41) is 0. The number of hydrogen-bond donors (Lipinski definition) is 0. The number of carbonyl (C=O) groups is 1. The highest BCUT2D eigenvalue weighted by Crippen LogP contribution is 2.33. The lowest BCUT2D eigenvalue weighted by Crippen LogP contribution is -2.17. The van der Waals surface area contributed by atoms with Crippen LogP contribution in [0.2, 0.25) is 0 Å². The Balaban J connectivity index is 2.44. The van der Waals surface area contributed by atoms with Crippen LogP contribution >= 0.6 is 0 Å². The van der Waals surface area contributed by atoms with Gasteiger partial charge in [-0.25, -0.2) is 0 Å². The Kier molecular flexibility index (Phi) is 2.99. The van der Waals surface area contributed by atoms with E-state index in [0.29, 0.717) is 12.3 Å². The zero-order valence-electron chi connectivity index (χ0n) is 10.2. The standard InChI is InChI=1S/C14H18O2/c1-4-9(2)11-5-7-13-12(10(11)3)6-8-14(15)16-13/h5,7,9H,4,6,8H2,1-3H3. The molecule has 0 aliphatic carbocycles. The first-order valence-electron chi connectivity index (χ1n) is 5.96. The Morgan fingerprint density at radius 1 is 1.38 bits per heavy atom. The van der Waals surface area contributed by atoms with E-state index >= 15 is 0 Å². The molecule has 1 aliphatic rings. The highest BCUT2D eigenvalue weighted by molar-refractivity contribution is 5.75. The molecule has 1 atom stereocenters. The molecule has 2 rings (SSSR count). The van der Waals surface area contributed by atoms with Crippen molar-refractivity contribution in [1.82, 2.24) is 0 Å². The summed E-state index contributed by atoms with van der Waals surface area (Å²) in [6.07, 6.45) is 2.47. The van der Waals surface area contributed by atoms with E-state index < -0.39 is 0 Å². The fourth-order valence-electron chi connectivity index (χ4n) is 2.31. The molecular formula is C14H18O2. The molecule has 2 heteroatoms. The third kappa shape index (κ3) is 1.84. The summed E-state index contributed by atoms with van der Waals surface area (Å²) in [4.78, 5) is 11.2. The minimum atomic E-state index is -0.108. The van der Waals surface area contributed by atoms with Crippen molar-refractivity contribution in [2.24, 2.45) is 0 Å². The summed E-state index contributed by atoms with van der Waals surface area (Å²) >= 11 is 0. The van der Waals surface area contributed by atoms with E-state index in [1.165, 1.54) is 16.7 Å². The van der Waals surface area contributed by atoms with Gasteiger partial charge in [0.05, 0.1) is 6.42 Å². The molecule has 86 valence electrons. The number of ether oxygens (including phenoxy) is 1. The van der Waals surface area contributed by atoms with Gasteiger partial charge in [0, 0.05) is 0 Å². The van der Waals surface area contributed by atoms with Gasteiger partial charge in [-0.2, -0.15) is 0 Å². The maximum absolute atomic E-state index is 11.2. The van der Waals surface area contributed by atoms with Gasteiger partial charge < -0.3 is 4.74 Å². The Hall–Kier alpha value is -1.31. The van der Waals surface area contributed by atoms with Crippen LogP contribution in [0.3, 0.4) is 0 Å². The molecule has 1 aliphatic heterocycles. The number of hydrogen-bond acceptors (Lipinski definition) is 2. The Morgan fingerprint density at radius 3 is 2.81 bits per heavy atom. The SMILES string of the molecule is CCC(C)c1ccc2c(c1C)CCC(=O)O2. The van der Waals surface area contributed by atoms with E-state index in [1.54, 1.807) is 0 Å². The largest absolute Gasteiger partial charge is 0.426 e. The van der Waals surface area contributed by atoms with Crippen LogP contribution in [-0.4, -0.2) is 5.97 Å². The average molecular weight is 218 g/mol. The predicted octanol–water partition coefficient (Wildman–Crippen LogP) is 3.36. The maximum atomic E-state index is 11.2. The van der Waals surface area contributed by atoms with Gasteiger partial charge in [-0.15, -0.1) is 0 Å². The molecule has 0 radical (unpaired) electrons. The first kappa shape index (κ1) is 11.2. The molecule has 1 aromatic rings. The summed E-state index contributed by atoms with van der Waals surface area (Å²) in [7, 11) is 0. The lowest BCUT2D eigenvalue weighted by Gasteiger charge is -2.21. The van der Waals surface area contributed by atoms with Crippen LogP contribution in [0, 0.1) is 6.92 Å². The van der Waals surface area contributed by atoms with Gasteiger partial charge in [0.1, 0.15) is 5.75 Å². The first-order chi connectivity index (χ1) is 7.63. The molecule has 0 saturated carbocycles. The van der Waals surface area contributed by atoms with Gasteiger partial charge in [0.25, 0.3) is 0 Å². The smallest absolute Gasteiger partial charge is 0.311 e. The van der Waals surface area contributed by atoms with Crippen molar-refractivity contribution in [2.75, 3.05) is 0 Å². The monoisotopic (exact) mass is 218 g/mol. The minimum Gasteiger partial charge on any atom is -0.426 e. The molecule has 0 bridgehead atoms. The number of fused-ring (bicyclic) bond motifs is 1. The number of benzene rings is 1. The molecule has 2 nitrogen and oxygen atoms in total. The van der Waals surface area contributed by atoms with Crippen LogP contribution in [0.25, 0.3) is 0 Å². The van der Waals surface area contributed by atoms with Gasteiger partial charge >= 0.3 is 5.97 Å². The third-order valence-electron chi connectivity index (χ3n) is 3.54. The van der Waals surface area contributed by atoms with Crippen LogP contribution in [0.15, 0.2) is 12.1 Å². The molecule has 0 spiro atoms. The average Bonchev–Trinajstić information content (AvgIpc) is 2.28. The molecule has 0 fully saturated rings. The predicted molar refractivity (Wildman–Crippen MR) is 63.8 cm³/mol. The molecule has 0 saturated heterocycles. The number of esters is 1. The molecule has 0 amide bonds. The molecule has 1 aromatic carbocycles. The van der Waals surface area contributed by atoms with E-state index in [9.17, 15) is 4.79 Å². The van der Waals surface area contributed by atoms with Crippen molar-refractivity contribution in [3.8, 4) is 5.75 Å². The highest BCUT2D eigenvalue weighted by atomic mass is 16.5. The van der Waals surface area contributed by atoms with Crippen LogP contribution in [-0.2, 0) is 11.2 Å². The first-order valence-corrected chi connectivity index (χ1v) is 5.96. The number of rotatable bonds is 2. The van der Waals surface area contributed by atoms with Gasteiger partial charge in [-0.3, -0.25) is 4.79 Å². The second-order valence-electron chi connectivity index (χ2n) is 4.54. The molecule has 1 unspecified atom stereocenters. The van der Waals surface area contributed by atoms with E-state index in [1.807, 2.05) is 6.07 Å². The van der Waals surface area contributed by atoms with Crippen molar-refractivity contribution in [1.29, 1.82) is 0 Å². The summed E-state index contributed by atoms with van der Waals surface area (Å²) in [6, 6.07) is 4.04. The summed E-state index contributed by atoms with van der Waals surface area (Å²) in [6.45, 7) is 6.58. The Labute approximate surface area is 96.6 Å². The second kappa shape index (κ2) is 4.28. The third-order valence-corrected chi connectivity index (χ3v) is 3.54. The Morgan fingerprint density at radius 2 is 2.12 bits per heavy atom. The van der Waals surface area contributed by atoms with Gasteiger partial charge in [0.2, 0.25) is 0 Å². The van der Waals surface area contributed by atoms with Crippen molar-refractivity contribution in [2.45, 2.75) is 46.0 Å². The van der Waals surface area contributed by atoms with Gasteiger partial charge in [0.15, 0.2) is 0 Å². The molecule has 0 N–H and O–H groups in total. The Bertz CT molecular complexity index is 421. The van der Waals surface area contributed by atoms with Gasteiger partial charge in [-0.1, -0.05) is 19.9 Å². The lowest BCUT2D eigenvalue weighted by atomic mass is 9.89. The van der Waals surface area contributed by atoms with E-state index in [-0.39, 0.29) is 5.97 Å². The van der Waals surface area contributed by atoms with Crippen LogP contribution in [0.4, 0.5) is 0 Å². The second-order valence-corrected chi connectivity index (χ2v) is 4.54. The molecule has 0 aromatic heterocycles. The topological polar surface area (TPSA) is 26.3 Å². The van der Waals surface area contributed by atoms with Crippen LogP contribution in [0.1, 0.15) is 49.3 Å². The zero-order chi connectivity index (χ0) is 11.7. The highest BCUT2D eigenvalue weighted by Gasteiger charge is 2.21. The van der Waals surface area contributed by atoms with Crippen LogP contribution in [0.5, 0.6) is 5.75 Å². The quantitative estimate of drug-likeness (QED) is 0.562. The van der Waals surface area contributed by atoms with Crippen molar-refractivity contribution in [3.63, 3.8) is 0 Å². The van der Waals surface area contributed by atoms with E-state index in [2.05, 4.69) is 26.8 Å². The van der Waals surface area contributed by atoms with Crippen molar-refractivity contribution >= 4 is 5.97 Å².